The van der Waals surface area contributed by atoms with Gasteiger partial charge in [0.1, 0.15) is 5.01 Å². The van der Waals surface area contributed by atoms with E-state index in [-0.39, 0.29) is 16.6 Å². The molecule has 0 spiro atoms. The predicted molar refractivity (Wildman–Crippen MR) is 87.9 cm³/mol. The molecule has 6 nitrogen and oxygen atoms in total. The average Bonchev–Trinajstić information content (AvgIpc) is 2.83. The number of sulfonamides is 1. The molecule has 1 heterocycles. The van der Waals surface area contributed by atoms with Crippen LogP contribution in [0.25, 0.3) is 0 Å². The number of aromatic nitrogens is 1. The second-order valence-electron chi connectivity index (χ2n) is 4.63. The zero-order valence-electron chi connectivity index (χ0n) is 11.9. The molecular formula is C13H14ClN3O3S2. The molecule has 0 saturated heterocycles. The molecule has 0 saturated carbocycles. The summed E-state index contributed by atoms with van der Waals surface area (Å²) in [7, 11) is -3.47. The number of nitrogens with one attached hydrogen (secondary N) is 2. The lowest BCUT2D eigenvalue weighted by atomic mass is 10.2. The van der Waals surface area contributed by atoms with Gasteiger partial charge in [0.2, 0.25) is 10.0 Å². The van der Waals surface area contributed by atoms with Crippen LogP contribution in [0.15, 0.2) is 23.6 Å². The zero-order chi connectivity index (χ0) is 16.3. The summed E-state index contributed by atoms with van der Waals surface area (Å²) >= 11 is 7.38. The van der Waals surface area contributed by atoms with E-state index in [1.807, 2.05) is 12.3 Å². The first-order valence-corrected chi connectivity index (χ1v) is 9.36. The van der Waals surface area contributed by atoms with Crippen molar-refractivity contribution in [2.75, 3.05) is 11.0 Å². The van der Waals surface area contributed by atoms with Crippen molar-refractivity contribution < 1.29 is 13.2 Å². The van der Waals surface area contributed by atoms with Gasteiger partial charge in [0, 0.05) is 16.6 Å². The van der Waals surface area contributed by atoms with E-state index in [0.717, 1.165) is 17.0 Å². The second-order valence-corrected chi connectivity index (χ2v) is 7.73. The predicted octanol–water partition coefficient (Wildman–Crippen LogP) is 2.41. The number of benzene rings is 1. The van der Waals surface area contributed by atoms with Gasteiger partial charge in [-0.1, -0.05) is 11.6 Å². The summed E-state index contributed by atoms with van der Waals surface area (Å²) in [4.78, 5) is 16.3. The topological polar surface area (TPSA) is 88.2 Å². The van der Waals surface area contributed by atoms with Gasteiger partial charge in [0.05, 0.1) is 23.5 Å². The van der Waals surface area contributed by atoms with Crippen LogP contribution < -0.4 is 10.0 Å². The molecule has 1 aromatic heterocycles. The molecule has 2 N–H and O–H groups in total. The Bertz CT molecular complexity index is 803. The van der Waals surface area contributed by atoms with Crippen LogP contribution in [0, 0.1) is 6.92 Å². The van der Waals surface area contributed by atoms with E-state index in [1.54, 1.807) is 0 Å². The maximum Gasteiger partial charge on any atom is 0.251 e. The molecule has 2 aromatic rings. The highest BCUT2D eigenvalue weighted by atomic mass is 35.5. The standard InChI is InChI=1S/C13H14ClN3O3S2/c1-8-7-21-12(16-8)6-15-13(18)9-3-4-10(14)11(5-9)17-22(2,19)20/h3-5,7,17H,6H2,1-2H3,(H,15,18). The van der Waals surface area contributed by atoms with Crippen LogP contribution in [-0.2, 0) is 16.6 Å². The fourth-order valence-electron chi connectivity index (χ4n) is 1.69. The molecule has 0 bridgehead atoms. The third-order valence-corrected chi connectivity index (χ3v) is 4.48. The van der Waals surface area contributed by atoms with Crippen LogP contribution in [0.5, 0.6) is 0 Å². The summed E-state index contributed by atoms with van der Waals surface area (Å²) in [5, 5.41) is 5.65. The lowest BCUT2D eigenvalue weighted by molar-refractivity contribution is 0.0951. The van der Waals surface area contributed by atoms with E-state index in [2.05, 4.69) is 15.0 Å². The van der Waals surface area contributed by atoms with Gasteiger partial charge in [0.25, 0.3) is 5.91 Å². The van der Waals surface area contributed by atoms with Crippen molar-refractivity contribution in [1.82, 2.24) is 10.3 Å². The molecule has 0 radical (unpaired) electrons. The van der Waals surface area contributed by atoms with E-state index >= 15 is 0 Å². The van der Waals surface area contributed by atoms with Crippen molar-refractivity contribution in [3.63, 3.8) is 0 Å². The molecule has 118 valence electrons. The van der Waals surface area contributed by atoms with Crippen molar-refractivity contribution in [2.24, 2.45) is 0 Å². The van der Waals surface area contributed by atoms with E-state index in [1.165, 1.54) is 29.5 Å². The maximum atomic E-state index is 12.1. The summed E-state index contributed by atoms with van der Waals surface area (Å²) in [5.41, 5.74) is 1.38. The number of rotatable bonds is 5. The number of carbonyl (C=O) groups excluding carboxylic acids is 1. The Morgan fingerprint density at radius 2 is 2.14 bits per heavy atom. The quantitative estimate of drug-likeness (QED) is 0.858. The minimum Gasteiger partial charge on any atom is -0.346 e. The fourth-order valence-corrected chi connectivity index (χ4v) is 3.19. The van der Waals surface area contributed by atoms with Gasteiger partial charge in [-0.05, 0) is 25.1 Å². The molecule has 0 aliphatic carbocycles. The van der Waals surface area contributed by atoms with Crippen LogP contribution in [0.3, 0.4) is 0 Å². The Morgan fingerprint density at radius 3 is 2.73 bits per heavy atom. The molecule has 9 heteroatoms. The van der Waals surface area contributed by atoms with Crippen molar-refractivity contribution in [2.45, 2.75) is 13.5 Å². The number of carbonyl (C=O) groups is 1. The summed E-state index contributed by atoms with van der Waals surface area (Å²) in [6.45, 7) is 2.19. The first-order valence-electron chi connectivity index (χ1n) is 6.21. The van der Waals surface area contributed by atoms with Gasteiger partial charge in [-0.2, -0.15) is 0 Å². The number of aryl methyl sites for hydroxylation is 1. The lowest BCUT2D eigenvalue weighted by Crippen LogP contribution is -2.23. The van der Waals surface area contributed by atoms with Crippen molar-refractivity contribution in [3.8, 4) is 0 Å². The number of anilines is 1. The van der Waals surface area contributed by atoms with Crippen LogP contribution in [0.2, 0.25) is 5.02 Å². The summed E-state index contributed by atoms with van der Waals surface area (Å²) in [5.74, 6) is -0.332. The van der Waals surface area contributed by atoms with Gasteiger partial charge in [0.15, 0.2) is 0 Å². The third kappa shape index (κ3) is 4.69. The monoisotopic (exact) mass is 359 g/mol. The van der Waals surface area contributed by atoms with Crippen LogP contribution >= 0.6 is 22.9 Å². The maximum absolute atomic E-state index is 12.1. The Kier molecular flexibility index (Phi) is 5.05. The number of hydrogen-bond acceptors (Lipinski definition) is 5. The molecule has 0 fully saturated rings. The molecule has 2 rings (SSSR count). The van der Waals surface area contributed by atoms with Gasteiger partial charge in [-0.3, -0.25) is 9.52 Å². The number of nitrogens with zero attached hydrogens (tertiary/aromatic N) is 1. The van der Waals surface area contributed by atoms with Crippen molar-refractivity contribution >= 4 is 44.6 Å². The molecule has 22 heavy (non-hydrogen) atoms. The van der Waals surface area contributed by atoms with Crippen LogP contribution in [0.1, 0.15) is 21.1 Å². The van der Waals surface area contributed by atoms with Gasteiger partial charge in [-0.15, -0.1) is 11.3 Å². The normalized spacial score (nSPS) is 11.2. The molecular weight excluding hydrogens is 346 g/mol. The molecule has 1 amide bonds. The zero-order valence-corrected chi connectivity index (χ0v) is 14.3. The Hall–Kier alpha value is -1.64. The Morgan fingerprint density at radius 1 is 1.41 bits per heavy atom. The molecule has 0 aliphatic rings. The minimum absolute atomic E-state index is 0.168. The Labute approximate surface area is 137 Å². The average molecular weight is 360 g/mol. The number of hydrogen-bond donors (Lipinski definition) is 2. The van der Waals surface area contributed by atoms with E-state index < -0.39 is 10.0 Å². The van der Waals surface area contributed by atoms with Crippen LogP contribution in [-0.4, -0.2) is 25.6 Å². The van der Waals surface area contributed by atoms with Gasteiger partial charge in [-0.25, -0.2) is 13.4 Å². The first-order chi connectivity index (χ1) is 10.2. The highest BCUT2D eigenvalue weighted by Crippen LogP contribution is 2.24. The van der Waals surface area contributed by atoms with E-state index in [4.69, 9.17) is 11.6 Å². The number of amides is 1. The van der Waals surface area contributed by atoms with E-state index in [9.17, 15) is 13.2 Å². The molecule has 0 aliphatic heterocycles. The van der Waals surface area contributed by atoms with Gasteiger partial charge >= 0.3 is 0 Å². The Balaban J connectivity index is 2.11. The summed E-state index contributed by atoms with van der Waals surface area (Å²) in [6, 6.07) is 4.39. The first kappa shape index (κ1) is 16.7. The highest BCUT2D eigenvalue weighted by molar-refractivity contribution is 7.92. The smallest absolute Gasteiger partial charge is 0.251 e. The lowest BCUT2D eigenvalue weighted by Gasteiger charge is -2.09. The van der Waals surface area contributed by atoms with Crippen molar-refractivity contribution in [1.29, 1.82) is 0 Å². The highest BCUT2D eigenvalue weighted by Gasteiger charge is 2.12. The number of halogens is 1. The molecule has 0 atom stereocenters. The second kappa shape index (κ2) is 6.64. The minimum atomic E-state index is -3.47. The van der Waals surface area contributed by atoms with Crippen molar-refractivity contribution in [3.05, 3.63) is 44.9 Å². The molecule has 1 aromatic carbocycles. The summed E-state index contributed by atoms with van der Waals surface area (Å²) < 4.78 is 24.8. The van der Waals surface area contributed by atoms with Gasteiger partial charge < -0.3 is 5.32 Å². The van der Waals surface area contributed by atoms with Crippen LogP contribution in [0.4, 0.5) is 5.69 Å². The van der Waals surface area contributed by atoms with E-state index in [0.29, 0.717) is 12.1 Å². The third-order valence-electron chi connectivity index (χ3n) is 2.59. The molecule has 0 unspecified atom stereocenters. The largest absolute Gasteiger partial charge is 0.346 e. The number of thiazole rings is 1. The fraction of sp³-hybridized carbons (Fsp3) is 0.231. The summed E-state index contributed by atoms with van der Waals surface area (Å²) in [6.07, 6.45) is 1.01. The SMILES string of the molecule is Cc1csc(CNC(=O)c2ccc(Cl)c(NS(C)(=O)=O)c2)n1.